The van der Waals surface area contributed by atoms with Crippen molar-refractivity contribution < 1.29 is 4.79 Å². The van der Waals surface area contributed by atoms with Crippen molar-refractivity contribution >= 4 is 16.8 Å². The van der Waals surface area contributed by atoms with Crippen LogP contribution in [0.5, 0.6) is 0 Å². The van der Waals surface area contributed by atoms with E-state index in [-0.39, 0.29) is 23.4 Å². The lowest BCUT2D eigenvalue weighted by molar-refractivity contribution is -0.131. The second-order valence-corrected chi connectivity index (χ2v) is 6.73. The number of nitrogens with two attached hydrogens (primary N) is 1. The number of likely N-dealkylation sites (tertiary alicyclic amines) is 1. The smallest absolute Gasteiger partial charge is 0.261 e. The maximum atomic E-state index is 12.5. The molecule has 1 saturated heterocycles. The van der Waals surface area contributed by atoms with E-state index in [2.05, 4.69) is 11.9 Å². The molecule has 2 heterocycles. The highest BCUT2D eigenvalue weighted by molar-refractivity contribution is 5.81. The Morgan fingerprint density at radius 2 is 2.22 bits per heavy atom. The van der Waals surface area contributed by atoms with Crippen LogP contribution in [0, 0.1) is 12.3 Å². The van der Waals surface area contributed by atoms with Crippen LogP contribution in [-0.2, 0) is 11.3 Å². The molecule has 2 N–H and O–H groups in total. The summed E-state index contributed by atoms with van der Waals surface area (Å²) in [5.41, 5.74) is 7.24. The number of hydrogen-bond acceptors (Lipinski definition) is 4. The monoisotopic (exact) mass is 314 g/mol. The lowest BCUT2D eigenvalue weighted by Crippen LogP contribution is -2.38. The predicted molar refractivity (Wildman–Crippen MR) is 89.1 cm³/mol. The molecule has 6 nitrogen and oxygen atoms in total. The number of aromatic nitrogens is 2. The average molecular weight is 314 g/mol. The molecule has 0 spiro atoms. The van der Waals surface area contributed by atoms with Gasteiger partial charge < -0.3 is 10.6 Å². The third kappa shape index (κ3) is 2.86. The molecule has 3 rings (SSSR count). The standard InChI is InChI=1S/C17H22N4O2/c1-12-4-3-5-13-15(12)19-11-21(16(13)23)8-14(22)20-7-6-17(2,9-18)10-20/h3-5,11H,6-10,18H2,1-2H3. The minimum atomic E-state index is -0.173. The van der Waals surface area contributed by atoms with Crippen molar-refractivity contribution in [1.29, 1.82) is 0 Å². The van der Waals surface area contributed by atoms with Crippen molar-refractivity contribution in [3.8, 4) is 0 Å². The van der Waals surface area contributed by atoms with Gasteiger partial charge in [0.25, 0.3) is 5.56 Å². The fourth-order valence-electron chi connectivity index (χ4n) is 3.10. The highest BCUT2D eigenvalue weighted by atomic mass is 16.2. The summed E-state index contributed by atoms with van der Waals surface area (Å²) >= 11 is 0. The van der Waals surface area contributed by atoms with Gasteiger partial charge in [-0.1, -0.05) is 19.1 Å². The molecule has 2 aromatic rings. The van der Waals surface area contributed by atoms with Crippen LogP contribution in [0.3, 0.4) is 0 Å². The van der Waals surface area contributed by atoms with Crippen LogP contribution >= 0.6 is 0 Å². The number of rotatable bonds is 3. The Kier molecular flexibility index (Phi) is 3.93. The number of amides is 1. The number of fused-ring (bicyclic) bond motifs is 1. The molecule has 0 radical (unpaired) electrons. The fourth-order valence-corrected chi connectivity index (χ4v) is 3.10. The van der Waals surface area contributed by atoms with E-state index < -0.39 is 0 Å². The summed E-state index contributed by atoms with van der Waals surface area (Å²) in [5, 5.41) is 0.550. The Morgan fingerprint density at radius 3 is 2.91 bits per heavy atom. The zero-order valence-electron chi connectivity index (χ0n) is 13.6. The van der Waals surface area contributed by atoms with Crippen molar-refractivity contribution in [3.05, 3.63) is 40.4 Å². The summed E-state index contributed by atoms with van der Waals surface area (Å²) in [6.07, 6.45) is 2.37. The van der Waals surface area contributed by atoms with E-state index >= 15 is 0 Å². The van der Waals surface area contributed by atoms with Crippen LogP contribution in [0.2, 0.25) is 0 Å². The van der Waals surface area contributed by atoms with Crippen LogP contribution in [0.15, 0.2) is 29.3 Å². The molecular weight excluding hydrogens is 292 g/mol. The van der Waals surface area contributed by atoms with E-state index in [9.17, 15) is 9.59 Å². The Hall–Kier alpha value is -2.21. The van der Waals surface area contributed by atoms with Crippen LogP contribution < -0.4 is 11.3 Å². The number of nitrogens with zero attached hydrogens (tertiary/aromatic N) is 3. The van der Waals surface area contributed by atoms with Crippen LogP contribution in [-0.4, -0.2) is 40.0 Å². The number of carbonyl (C=O) groups excluding carboxylic acids is 1. The van der Waals surface area contributed by atoms with E-state index in [0.29, 0.717) is 30.5 Å². The summed E-state index contributed by atoms with van der Waals surface area (Å²) in [4.78, 5) is 31.1. The molecule has 1 unspecified atom stereocenters. The number of para-hydroxylation sites is 1. The van der Waals surface area contributed by atoms with Crippen molar-refractivity contribution in [1.82, 2.24) is 14.5 Å². The second-order valence-electron chi connectivity index (χ2n) is 6.73. The van der Waals surface area contributed by atoms with Crippen LogP contribution in [0.1, 0.15) is 18.9 Å². The Morgan fingerprint density at radius 1 is 1.43 bits per heavy atom. The number of aryl methyl sites for hydroxylation is 1. The molecule has 1 atom stereocenters. The quantitative estimate of drug-likeness (QED) is 0.913. The van der Waals surface area contributed by atoms with Crippen molar-refractivity contribution in [2.24, 2.45) is 11.1 Å². The molecular formula is C17H22N4O2. The lowest BCUT2D eigenvalue weighted by atomic mass is 9.90. The average Bonchev–Trinajstić information content (AvgIpc) is 2.94. The van der Waals surface area contributed by atoms with Gasteiger partial charge in [0, 0.05) is 13.1 Å². The molecule has 1 aliphatic rings. The van der Waals surface area contributed by atoms with Gasteiger partial charge in [-0.2, -0.15) is 0 Å². The summed E-state index contributed by atoms with van der Waals surface area (Å²) in [6, 6.07) is 5.50. The van der Waals surface area contributed by atoms with E-state index in [4.69, 9.17) is 5.73 Å². The van der Waals surface area contributed by atoms with Gasteiger partial charge in [-0.05, 0) is 36.9 Å². The zero-order valence-corrected chi connectivity index (χ0v) is 13.6. The topological polar surface area (TPSA) is 81.2 Å². The SMILES string of the molecule is Cc1cccc2c(=O)n(CC(=O)N3CCC(C)(CN)C3)cnc12. The fraction of sp³-hybridized carbons (Fsp3) is 0.471. The Labute approximate surface area is 134 Å². The van der Waals surface area contributed by atoms with Gasteiger partial charge >= 0.3 is 0 Å². The largest absolute Gasteiger partial charge is 0.341 e. The second kappa shape index (κ2) is 5.77. The molecule has 0 aliphatic carbocycles. The number of hydrogen-bond donors (Lipinski definition) is 1. The molecule has 23 heavy (non-hydrogen) atoms. The minimum absolute atomic E-state index is 0.0145. The predicted octanol–water partition coefficient (Wildman–Crippen LogP) is 0.902. The Balaban J connectivity index is 1.84. The van der Waals surface area contributed by atoms with E-state index in [1.54, 1.807) is 11.0 Å². The number of carbonyl (C=O) groups is 1. The third-order valence-electron chi connectivity index (χ3n) is 4.76. The zero-order chi connectivity index (χ0) is 16.6. The first-order valence-corrected chi connectivity index (χ1v) is 7.86. The molecule has 1 amide bonds. The molecule has 1 aromatic carbocycles. The van der Waals surface area contributed by atoms with Crippen molar-refractivity contribution in [2.75, 3.05) is 19.6 Å². The van der Waals surface area contributed by atoms with Gasteiger partial charge in [-0.15, -0.1) is 0 Å². The molecule has 122 valence electrons. The highest BCUT2D eigenvalue weighted by Crippen LogP contribution is 2.28. The maximum absolute atomic E-state index is 12.5. The molecule has 1 aliphatic heterocycles. The van der Waals surface area contributed by atoms with Crippen molar-refractivity contribution in [2.45, 2.75) is 26.8 Å². The molecule has 1 aromatic heterocycles. The molecule has 0 saturated carbocycles. The highest BCUT2D eigenvalue weighted by Gasteiger charge is 2.34. The molecule has 6 heteroatoms. The summed E-state index contributed by atoms with van der Waals surface area (Å²) in [5.74, 6) is -0.0573. The van der Waals surface area contributed by atoms with E-state index in [1.165, 1.54) is 10.9 Å². The first-order chi connectivity index (χ1) is 10.9. The van der Waals surface area contributed by atoms with Gasteiger partial charge in [-0.3, -0.25) is 14.2 Å². The van der Waals surface area contributed by atoms with Crippen LogP contribution in [0.4, 0.5) is 0 Å². The maximum Gasteiger partial charge on any atom is 0.261 e. The summed E-state index contributed by atoms with van der Waals surface area (Å²) in [6.45, 7) is 5.94. The van der Waals surface area contributed by atoms with E-state index in [1.807, 2.05) is 19.1 Å². The number of benzene rings is 1. The van der Waals surface area contributed by atoms with Gasteiger partial charge in [0.05, 0.1) is 17.2 Å². The third-order valence-corrected chi connectivity index (χ3v) is 4.76. The first kappa shape index (κ1) is 15.7. The summed E-state index contributed by atoms with van der Waals surface area (Å²) < 4.78 is 1.39. The van der Waals surface area contributed by atoms with Gasteiger partial charge in [0.15, 0.2) is 0 Å². The normalized spacial score (nSPS) is 21.1. The lowest BCUT2D eigenvalue weighted by Gasteiger charge is -2.22. The van der Waals surface area contributed by atoms with Crippen LogP contribution in [0.25, 0.3) is 10.9 Å². The first-order valence-electron chi connectivity index (χ1n) is 7.86. The molecule has 1 fully saturated rings. The van der Waals surface area contributed by atoms with Gasteiger partial charge in [0.2, 0.25) is 5.91 Å². The van der Waals surface area contributed by atoms with Gasteiger partial charge in [0.1, 0.15) is 6.54 Å². The Bertz CT molecular complexity index is 814. The minimum Gasteiger partial charge on any atom is -0.341 e. The van der Waals surface area contributed by atoms with Crippen molar-refractivity contribution in [3.63, 3.8) is 0 Å². The van der Waals surface area contributed by atoms with Gasteiger partial charge in [-0.25, -0.2) is 4.98 Å². The molecule has 0 bridgehead atoms. The summed E-state index contributed by atoms with van der Waals surface area (Å²) in [7, 11) is 0. The van der Waals surface area contributed by atoms with E-state index in [0.717, 1.165) is 12.0 Å².